The lowest BCUT2D eigenvalue weighted by Crippen LogP contribution is -2.48. The van der Waals surface area contributed by atoms with Gasteiger partial charge in [0, 0.05) is 31.9 Å². The second kappa shape index (κ2) is 8.64. The molecule has 1 aliphatic rings. The van der Waals surface area contributed by atoms with Crippen LogP contribution in [0.15, 0.2) is 48.5 Å². The average molecular weight is 413 g/mol. The number of nitrogens with one attached hydrogen (secondary N) is 1. The van der Waals surface area contributed by atoms with Crippen molar-refractivity contribution in [1.29, 1.82) is 5.26 Å². The molecule has 152 valence electrons. The number of urea groups is 1. The number of piperidine rings is 1. The average Bonchev–Trinajstić information content (AvgIpc) is 2.73. The van der Waals surface area contributed by atoms with Crippen LogP contribution >= 0.6 is 0 Å². The van der Waals surface area contributed by atoms with Crippen molar-refractivity contribution in [2.45, 2.75) is 18.9 Å². The van der Waals surface area contributed by atoms with Gasteiger partial charge in [0.15, 0.2) is 0 Å². The van der Waals surface area contributed by atoms with Crippen LogP contribution in [0.1, 0.15) is 18.4 Å². The van der Waals surface area contributed by atoms with Crippen molar-refractivity contribution in [1.82, 2.24) is 9.21 Å². The number of nitrogens with zero attached hydrogens (tertiary/aromatic N) is 3. The lowest BCUT2D eigenvalue weighted by molar-refractivity contribution is 0.174. The van der Waals surface area contributed by atoms with Gasteiger partial charge in [-0.05, 0) is 48.2 Å². The molecule has 2 aromatic carbocycles. The van der Waals surface area contributed by atoms with Crippen LogP contribution in [0.3, 0.4) is 0 Å². The minimum atomic E-state index is -3.18. The van der Waals surface area contributed by atoms with Crippen molar-refractivity contribution in [2.24, 2.45) is 0 Å². The number of carbonyl (C=O) groups is 1. The molecule has 1 heterocycles. The van der Waals surface area contributed by atoms with Crippen LogP contribution in [0.25, 0.3) is 11.1 Å². The number of nitriles is 1. The number of anilines is 1. The molecule has 3 rings (SSSR count). The largest absolute Gasteiger partial charge is 0.325 e. The number of sulfonamides is 1. The highest BCUT2D eigenvalue weighted by atomic mass is 32.2. The summed E-state index contributed by atoms with van der Waals surface area (Å²) in [4.78, 5) is 14.2. The summed E-state index contributed by atoms with van der Waals surface area (Å²) in [5.74, 6) is 0. The van der Waals surface area contributed by atoms with Gasteiger partial charge in [-0.15, -0.1) is 0 Å². The molecule has 0 radical (unpaired) electrons. The lowest BCUT2D eigenvalue weighted by Gasteiger charge is -2.35. The van der Waals surface area contributed by atoms with Crippen LogP contribution < -0.4 is 5.32 Å². The van der Waals surface area contributed by atoms with Gasteiger partial charge in [-0.1, -0.05) is 24.3 Å². The lowest BCUT2D eigenvalue weighted by atomic mass is 10.0. The number of hydrogen-bond acceptors (Lipinski definition) is 4. The summed E-state index contributed by atoms with van der Waals surface area (Å²) in [6.45, 7) is 0.862. The molecular formula is C21H24N4O3S. The SMILES string of the molecule is CN(C(=O)Nc1ccc(-c2ccc(C#N)cc2)cc1)C1CCN(S(C)(=O)=O)CC1. The summed E-state index contributed by atoms with van der Waals surface area (Å²) in [6.07, 6.45) is 2.45. The molecule has 1 aliphatic heterocycles. The Morgan fingerprint density at radius 1 is 1.07 bits per heavy atom. The van der Waals surface area contributed by atoms with Crippen molar-refractivity contribution in [3.05, 3.63) is 54.1 Å². The highest BCUT2D eigenvalue weighted by molar-refractivity contribution is 7.88. The zero-order chi connectivity index (χ0) is 21.0. The second-order valence-electron chi connectivity index (χ2n) is 7.20. The third-order valence-corrected chi connectivity index (χ3v) is 6.55. The number of amides is 2. The van der Waals surface area contributed by atoms with E-state index in [-0.39, 0.29) is 12.1 Å². The topological polar surface area (TPSA) is 93.5 Å². The molecule has 1 fully saturated rings. The van der Waals surface area contributed by atoms with Crippen LogP contribution in [-0.4, -0.2) is 56.1 Å². The van der Waals surface area contributed by atoms with E-state index in [9.17, 15) is 13.2 Å². The number of benzene rings is 2. The van der Waals surface area contributed by atoms with Gasteiger partial charge in [-0.25, -0.2) is 17.5 Å². The fraction of sp³-hybridized carbons (Fsp3) is 0.333. The van der Waals surface area contributed by atoms with Crippen molar-refractivity contribution < 1.29 is 13.2 Å². The molecule has 0 unspecified atom stereocenters. The second-order valence-corrected chi connectivity index (χ2v) is 9.18. The monoisotopic (exact) mass is 412 g/mol. The molecular weight excluding hydrogens is 388 g/mol. The van der Waals surface area contributed by atoms with Crippen molar-refractivity contribution >= 4 is 21.7 Å². The molecule has 2 amide bonds. The number of hydrogen-bond donors (Lipinski definition) is 1. The molecule has 2 aromatic rings. The molecule has 29 heavy (non-hydrogen) atoms. The van der Waals surface area contributed by atoms with Gasteiger partial charge in [0.1, 0.15) is 0 Å². The number of carbonyl (C=O) groups excluding carboxylic acids is 1. The Kier molecular flexibility index (Phi) is 6.20. The maximum Gasteiger partial charge on any atom is 0.321 e. The quantitative estimate of drug-likeness (QED) is 0.835. The Labute approximate surface area is 171 Å². The Bertz CT molecular complexity index is 1000. The van der Waals surface area contributed by atoms with Gasteiger partial charge in [0.2, 0.25) is 10.0 Å². The minimum absolute atomic E-state index is 0.00548. The zero-order valence-electron chi connectivity index (χ0n) is 16.5. The van der Waals surface area contributed by atoms with E-state index in [0.717, 1.165) is 11.1 Å². The summed E-state index contributed by atoms with van der Waals surface area (Å²) < 4.78 is 24.7. The van der Waals surface area contributed by atoms with Crippen molar-refractivity contribution in [3.63, 3.8) is 0 Å². The smallest absolute Gasteiger partial charge is 0.321 e. The van der Waals surface area contributed by atoms with Gasteiger partial charge in [-0.3, -0.25) is 0 Å². The molecule has 1 saturated heterocycles. The molecule has 1 N–H and O–H groups in total. The van der Waals surface area contributed by atoms with Crippen molar-refractivity contribution in [3.8, 4) is 17.2 Å². The highest BCUT2D eigenvalue weighted by Gasteiger charge is 2.29. The Morgan fingerprint density at radius 2 is 1.59 bits per heavy atom. The molecule has 0 aliphatic carbocycles. The zero-order valence-corrected chi connectivity index (χ0v) is 17.3. The summed E-state index contributed by atoms with van der Waals surface area (Å²) in [7, 11) is -1.44. The summed E-state index contributed by atoms with van der Waals surface area (Å²) >= 11 is 0. The molecule has 7 nitrogen and oxygen atoms in total. The Balaban J connectivity index is 1.58. The van der Waals surface area contributed by atoms with E-state index in [1.54, 1.807) is 24.1 Å². The molecule has 0 spiro atoms. The maximum atomic E-state index is 12.6. The van der Waals surface area contributed by atoms with Gasteiger partial charge in [0.05, 0.1) is 17.9 Å². The summed E-state index contributed by atoms with van der Waals surface area (Å²) in [5, 5.41) is 11.8. The minimum Gasteiger partial charge on any atom is -0.325 e. The molecule has 0 bridgehead atoms. The molecule has 0 saturated carbocycles. The molecule has 8 heteroatoms. The third-order valence-electron chi connectivity index (χ3n) is 5.24. The predicted molar refractivity (Wildman–Crippen MR) is 113 cm³/mol. The molecule has 0 aromatic heterocycles. The fourth-order valence-corrected chi connectivity index (χ4v) is 4.30. The highest BCUT2D eigenvalue weighted by Crippen LogP contribution is 2.23. The van der Waals surface area contributed by atoms with E-state index >= 15 is 0 Å². The van der Waals surface area contributed by atoms with E-state index in [0.29, 0.717) is 37.2 Å². The van der Waals surface area contributed by atoms with Gasteiger partial charge < -0.3 is 10.2 Å². The maximum absolute atomic E-state index is 12.6. The summed E-state index contributed by atoms with van der Waals surface area (Å²) in [6, 6.07) is 16.7. The van der Waals surface area contributed by atoms with Gasteiger partial charge in [-0.2, -0.15) is 5.26 Å². The van der Waals surface area contributed by atoms with Crippen LogP contribution in [0.4, 0.5) is 10.5 Å². The Hall–Kier alpha value is -2.89. The van der Waals surface area contributed by atoms with E-state index in [1.807, 2.05) is 36.4 Å². The van der Waals surface area contributed by atoms with Crippen LogP contribution in [0.2, 0.25) is 0 Å². The predicted octanol–water partition coefficient (Wildman–Crippen LogP) is 3.11. The Morgan fingerprint density at radius 3 is 2.07 bits per heavy atom. The van der Waals surface area contributed by atoms with Gasteiger partial charge in [0.25, 0.3) is 0 Å². The van der Waals surface area contributed by atoms with Crippen molar-refractivity contribution in [2.75, 3.05) is 31.7 Å². The normalized spacial score (nSPS) is 15.5. The molecule has 0 atom stereocenters. The van der Waals surface area contributed by atoms with Gasteiger partial charge >= 0.3 is 6.03 Å². The third kappa shape index (κ3) is 5.13. The summed E-state index contributed by atoms with van der Waals surface area (Å²) in [5.41, 5.74) is 3.29. The van der Waals surface area contributed by atoms with Crippen LogP contribution in [-0.2, 0) is 10.0 Å². The van der Waals surface area contributed by atoms with Crippen LogP contribution in [0.5, 0.6) is 0 Å². The van der Waals surface area contributed by atoms with E-state index < -0.39 is 10.0 Å². The first-order valence-electron chi connectivity index (χ1n) is 9.37. The first-order chi connectivity index (χ1) is 13.8. The van der Waals surface area contributed by atoms with E-state index in [2.05, 4.69) is 11.4 Å². The van der Waals surface area contributed by atoms with E-state index in [1.165, 1.54) is 10.6 Å². The first-order valence-corrected chi connectivity index (χ1v) is 11.2. The standard InChI is InChI=1S/C21H24N4O3S/c1-24(20-11-13-25(14-12-20)29(2,27)28)21(26)23-19-9-7-18(8-10-19)17-5-3-16(15-22)4-6-17/h3-10,20H,11-14H2,1-2H3,(H,23,26). The number of rotatable bonds is 4. The van der Waals surface area contributed by atoms with E-state index in [4.69, 9.17) is 5.26 Å². The van der Waals surface area contributed by atoms with Crippen LogP contribution in [0, 0.1) is 11.3 Å². The fourth-order valence-electron chi connectivity index (χ4n) is 3.42. The first kappa shape index (κ1) is 20.8.